The Labute approximate surface area is 161 Å². The molecule has 10 heteroatoms. The third-order valence-electron chi connectivity index (χ3n) is 4.82. The number of halogens is 3. The lowest BCUT2D eigenvalue weighted by Crippen LogP contribution is -2.53. The second-order valence-corrected chi connectivity index (χ2v) is 6.77. The van der Waals surface area contributed by atoms with Gasteiger partial charge in [-0.3, -0.25) is 9.69 Å². The Balaban J connectivity index is 1.47. The smallest absolute Gasteiger partial charge is 0.378 e. The number of piperazine rings is 1. The zero-order valence-electron chi connectivity index (χ0n) is 15.4. The van der Waals surface area contributed by atoms with E-state index >= 15 is 0 Å². The Hall–Kier alpha value is -2.33. The molecule has 7 nitrogen and oxygen atoms in total. The molecule has 2 aliphatic rings. The van der Waals surface area contributed by atoms with Gasteiger partial charge in [0.15, 0.2) is 0 Å². The van der Waals surface area contributed by atoms with E-state index in [1.54, 1.807) is 4.90 Å². The van der Waals surface area contributed by atoms with Crippen molar-refractivity contribution >= 4 is 17.6 Å². The number of nitrogens with one attached hydrogen (secondary N) is 1. The van der Waals surface area contributed by atoms with Crippen molar-refractivity contribution in [3.8, 4) is 0 Å². The molecule has 1 aromatic rings. The number of ether oxygens (including phenoxy) is 1. The van der Waals surface area contributed by atoms with E-state index in [4.69, 9.17) is 4.74 Å². The van der Waals surface area contributed by atoms with Gasteiger partial charge in [0.1, 0.15) is 0 Å². The summed E-state index contributed by atoms with van der Waals surface area (Å²) in [6, 6.07) is 4.10. The Morgan fingerprint density at radius 3 is 2.32 bits per heavy atom. The number of morpholine rings is 1. The van der Waals surface area contributed by atoms with Gasteiger partial charge in [0, 0.05) is 45.0 Å². The van der Waals surface area contributed by atoms with E-state index in [2.05, 4.69) is 5.32 Å². The summed E-state index contributed by atoms with van der Waals surface area (Å²) in [6.45, 7) is 4.46. The topological polar surface area (TPSA) is 65.1 Å². The van der Waals surface area contributed by atoms with Gasteiger partial charge in [-0.1, -0.05) is 6.07 Å². The van der Waals surface area contributed by atoms with Gasteiger partial charge in [0.25, 0.3) is 0 Å². The van der Waals surface area contributed by atoms with Crippen LogP contribution in [-0.2, 0) is 15.7 Å². The molecule has 0 radical (unpaired) electrons. The molecule has 2 fully saturated rings. The van der Waals surface area contributed by atoms with E-state index in [0.717, 1.165) is 12.1 Å². The van der Waals surface area contributed by atoms with Crippen LogP contribution >= 0.6 is 0 Å². The van der Waals surface area contributed by atoms with Gasteiger partial charge in [-0.25, -0.2) is 4.79 Å². The number of alkyl halides is 3. The first-order valence-corrected chi connectivity index (χ1v) is 9.14. The van der Waals surface area contributed by atoms with Crippen LogP contribution in [0, 0.1) is 0 Å². The lowest BCUT2D eigenvalue weighted by molar-refractivity contribution is -0.138. The number of hydrogen-bond donors (Lipinski definition) is 1. The van der Waals surface area contributed by atoms with Gasteiger partial charge in [-0.05, 0) is 18.2 Å². The minimum atomic E-state index is -4.46. The molecule has 0 spiro atoms. The maximum atomic E-state index is 12.8. The Kier molecular flexibility index (Phi) is 6.40. The van der Waals surface area contributed by atoms with Gasteiger partial charge < -0.3 is 19.9 Å². The summed E-state index contributed by atoms with van der Waals surface area (Å²) in [4.78, 5) is 29.9. The van der Waals surface area contributed by atoms with Crippen LogP contribution in [0.25, 0.3) is 0 Å². The molecule has 0 atom stereocenters. The molecule has 3 rings (SSSR count). The first-order valence-electron chi connectivity index (χ1n) is 9.14. The molecule has 2 saturated heterocycles. The minimum Gasteiger partial charge on any atom is -0.378 e. The lowest BCUT2D eigenvalue weighted by atomic mass is 10.2. The van der Waals surface area contributed by atoms with Crippen molar-refractivity contribution in [1.29, 1.82) is 0 Å². The normalized spacial score (nSPS) is 18.8. The van der Waals surface area contributed by atoms with Gasteiger partial charge >= 0.3 is 12.2 Å². The molecule has 0 saturated carbocycles. The third kappa shape index (κ3) is 5.35. The fourth-order valence-electron chi connectivity index (χ4n) is 3.19. The maximum Gasteiger partial charge on any atom is 0.416 e. The van der Waals surface area contributed by atoms with Crippen molar-refractivity contribution in [3.05, 3.63) is 29.8 Å². The first-order chi connectivity index (χ1) is 13.3. The summed E-state index contributed by atoms with van der Waals surface area (Å²) < 4.78 is 43.6. The minimum absolute atomic E-state index is 0.0465. The molecule has 2 aliphatic heterocycles. The number of benzene rings is 1. The van der Waals surface area contributed by atoms with E-state index in [9.17, 15) is 22.8 Å². The zero-order chi connectivity index (χ0) is 20.1. The summed E-state index contributed by atoms with van der Waals surface area (Å²) >= 11 is 0. The molecule has 28 heavy (non-hydrogen) atoms. The van der Waals surface area contributed by atoms with Gasteiger partial charge in [-0.15, -0.1) is 0 Å². The molecule has 154 valence electrons. The second kappa shape index (κ2) is 8.78. The van der Waals surface area contributed by atoms with E-state index in [1.807, 2.05) is 4.90 Å². The number of hydrogen-bond acceptors (Lipinski definition) is 4. The average Bonchev–Trinajstić information content (AvgIpc) is 2.69. The highest BCUT2D eigenvalue weighted by atomic mass is 19.4. The summed E-state index contributed by atoms with van der Waals surface area (Å²) in [7, 11) is 0. The maximum absolute atomic E-state index is 12.8. The number of carbonyl (C=O) groups excluding carboxylic acids is 2. The molecular formula is C18H23F3N4O3. The molecule has 0 aromatic heterocycles. The molecule has 0 unspecified atom stereocenters. The van der Waals surface area contributed by atoms with Crippen molar-refractivity contribution in [2.75, 3.05) is 64.3 Å². The van der Waals surface area contributed by atoms with Gasteiger partial charge in [0.2, 0.25) is 5.91 Å². The average molecular weight is 400 g/mol. The third-order valence-corrected chi connectivity index (χ3v) is 4.82. The predicted molar refractivity (Wildman–Crippen MR) is 95.9 cm³/mol. The fraction of sp³-hybridized carbons (Fsp3) is 0.556. The van der Waals surface area contributed by atoms with Crippen LogP contribution < -0.4 is 5.32 Å². The summed E-state index contributed by atoms with van der Waals surface area (Å²) in [6.07, 6.45) is -4.46. The van der Waals surface area contributed by atoms with Gasteiger partial charge in [-0.2, -0.15) is 13.2 Å². The van der Waals surface area contributed by atoms with Crippen molar-refractivity contribution in [1.82, 2.24) is 14.7 Å². The monoisotopic (exact) mass is 400 g/mol. The molecule has 1 N–H and O–H groups in total. The molecule has 2 heterocycles. The summed E-state index contributed by atoms with van der Waals surface area (Å²) in [5.74, 6) is 0.0465. The van der Waals surface area contributed by atoms with Crippen LogP contribution in [0.2, 0.25) is 0 Å². The number of anilines is 1. The molecule has 0 aliphatic carbocycles. The van der Waals surface area contributed by atoms with Crippen LogP contribution in [0.4, 0.5) is 23.7 Å². The Morgan fingerprint density at radius 2 is 1.68 bits per heavy atom. The fourth-order valence-corrected chi connectivity index (χ4v) is 3.19. The largest absolute Gasteiger partial charge is 0.416 e. The molecule has 0 bridgehead atoms. The molecular weight excluding hydrogens is 377 g/mol. The van der Waals surface area contributed by atoms with Crippen molar-refractivity contribution in [2.24, 2.45) is 0 Å². The van der Waals surface area contributed by atoms with Crippen molar-refractivity contribution < 1.29 is 27.5 Å². The van der Waals surface area contributed by atoms with Crippen LogP contribution in [0.15, 0.2) is 24.3 Å². The number of amides is 3. The molecule has 3 amide bonds. The van der Waals surface area contributed by atoms with Crippen LogP contribution in [-0.4, -0.2) is 85.7 Å². The number of nitrogens with zero attached hydrogens (tertiary/aromatic N) is 3. The van der Waals surface area contributed by atoms with E-state index in [-0.39, 0.29) is 11.6 Å². The van der Waals surface area contributed by atoms with Crippen molar-refractivity contribution in [3.63, 3.8) is 0 Å². The van der Waals surface area contributed by atoms with E-state index in [0.29, 0.717) is 59.0 Å². The Morgan fingerprint density at radius 1 is 1.00 bits per heavy atom. The van der Waals surface area contributed by atoms with Gasteiger partial charge in [0.05, 0.1) is 25.3 Å². The van der Waals surface area contributed by atoms with E-state index < -0.39 is 17.8 Å². The van der Waals surface area contributed by atoms with Crippen LogP contribution in [0.3, 0.4) is 0 Å². The van der Waals surface area contributed by atoms with E-state index in [1.165, 1.54) is 17.0 Å². The highest BCUT2D eigenvalue weighted by Crippen LogP contribution is 2.30. The molecule has 1 aromatic carbocycles. The number of urea groups is 1. The predicted octanol–water partition coefficient (Wildman–Crippen LogP) is 1.71. The SMILES string of the molecule is O=C(CN1CCN(C(=O)Nc2cccc(C(F)(F)F)c2)CC1)N1CCOCC1. The quantitative estimate of drug-likeness (QED) is 0.839. The van der Waals surface area contributed by atoms with Crippen molar-refractivity contribution in [2.45, 2.75) is 6.18 Å². The first kappa shape index (κ1) is 20.4. The summed E-state index contributed by atoms with van der Waals surface area (Å²) in [5.41, 5.74) is -0.707. The lowest BCUT2D eigenvalue weighted by Gasteiger charge is -2.36. The van der Waals surface area contributed by atoms with Crippen LogP contribution in [0.1, 0.15) is 5.56 Å². The zero-order valence-corrected chi connectivity index (χ0v) is 15.4. The van der Waals surface area contributed by atoms with Crippen LogP contribution in [0.5, 0.6) is 0 Å². The number of carbonyl (C=O) groups is 2. The number of rotatable bonds is 3. The second-order valence-electron chi connectivity index (χ2n) is 6.77. The standard InChI is InChI=1S/C18H23F3N4O3/c19-18(20,21)14-2-1-3-15(12-14)22-17(27)25-6-4-23(5-7-25)13-16(26)24-8-10-28-11-9-24/h1-3,12H,4-11,13H2,(H,22,27). The highest BCUT2D eigenvalue weighted by Gasteiger charge is 2.31. The highest BCUT2D eigenvalue weighted by molar-refractivity contribution is 5.89. The Bertz CT molecular complexity index is 700. The summed E-state index contributed by atoms with van der Waals surface area (Å²) in [5, 5.41) is 2.51.